The van der Waals surface area contributed by atoms with E-state index in [2.05, 4.69) is 5.32 Å². The van der Waals surface area contributed by atoms with Crippen molar-refractivity contribution in [3.8, 4) is 0 Å². The fourth-order valence-corrected chi connectivity index (χ4v) is 1.96. The Balaban J connectivity index is 2.38. The monoisotopic (exact) mass is 240 g/mol. The van der Waals surface area contributed by atoms with Crippen LogP contribution in [0, 0.1) is 11.6 Å². The Morgan fingerprint density at radius 1 is 1.24 bits per heavy atom. The van der Waals surface area contributed by atoms with Crippen LogP contribution in [0.2, 0.25) is 0 Å². The molecule has 1 aromatic rings. The number of hydrogen-bond acceptors (Lipinski definition) is 3. The van der Waals surface area contributed by atoms with Gasteiger partial charge in [-0.3, -0.25) is 4.79 Å². The summed E-state index contributed by atoms with van der Waals surface area (Å²) in [4.78, 5) is 13.0. The number of hydrogen-bond donors (Lipinski definition) is 1. The van der Waals surface area contributed by atoms with E-state index in [1.54, 1.807) is 0 Å². The predicted molar refractivity (Wildman–Crippen MR) is 61.4 cm³/mol. The number of anilines is 1. The van der Waals surface area contributed by atoms with Crippen LogP contribution in [-0.4, -0.2) is 32.0 Å². The number of Topliss-reactive ketones (excluding diaryl/α,β-unsaturated/α-hetero) is 1. The van der Waals surface area contributed by atoms with E-state index < -0.39 is 11.6 Å². The molecule has 3 nitrogen and oxygen atoms in total. The van der Waals surface area contributed by atoms with E-state index in [0.29, 0.717) is 18.8 Å². The SMILES string of the molecule is CC(=O)c1cc(N2CCNCC2)c(F)cc1F. The summed E-state index contributed by atoms with van der Waals surface area (Å²) in [5.74, 6) is -1.80. The smallest absolute Gasteiger partial charge is 0.162 e. The van der Waals surface area contributed by atoms with Gasteiger partial charge in [0.15, 0.2) is 5.78 Å². The third-order valence-electron chi connectivity index (χ3n) is 2.87. The van der Waals surface area contributed by atoms with Crippen LogP contribution in [0.3, 0.4) is 0 Å². The lowest BCUT2D eigenvalue weighted by molar-refractivity contribution is 0.101. The molecule has 0 saturated carbocycles. The Hall–Kier alpha value is -1.49. The minimum Gasteiger partial charge on any atom is -0.367 e. The quantitative estimate of drug-likeness (QED) is 0.796. The molecular weight excluding hydrogens is 226 g/mol. The number of nitrogens with zero attached hydrogens (tertiary/aromatic N) is 1. The van der Waals surface area contributed by atoms with E-state index in [1.165, 1.54) is 13.0 Å². The first-order valence-corrected chi connectivity index (χ1v) is 5.55. The van der Waals surface area contributed by atoms with Gasteiger partial charge in [0.1, 0.15) is 11.6 Å². The molecule has 1 N–H and O–H groups in total. The lowest BCUT2D eigenvalue weighted by atomic mass is 10.1. The van der Waals surface area contributed by atoms with Gasteiger partial charge in [-0.15, -0.1) is 0 Å². The lowest BCUT2D eigenvalue weighted by Crippen LogP contribution is -2.44. The van der Waals surface area contributed by atoms with Gasteiger partial charge in [0.25, 0.3) is 0 Å². The van der Waals surface area contributed by atoms with Crippen LogP contribution in [0.15, 0.2) is 12.1 Å². The van der Waals surface area contributed by atoms with Crippen molar-refractivity contribution in [2.75, 3.05) is 31.1 Å². The largest absolute Gasteiger partial charge is 0.367 e. The molecule has 1 aromatic carbocycles. The zero-order valence-corrected chi connectivity index (χ0v) is 9.59. The Labute approximate surface area is 98.4 Å². The maximum absolute atomic E-state index is 13.7. The first-order chi connectivity index (χ1) is 8.09. The van der Waals surface area contributed by atoms with Crippen molar-refractivity contribution in [3.05, 3.63) is 29.3 Å². The highest BCUT2D eigenvalue weighted by atomic mass is 19.1. The van der Waals surface area contributed by atoms with Gasteiger partial charge >= 0.3 is 0 Å². The molecule has 0 aromatic heterocycles. The van der Waals surface area contributed by atoms with E-state index in [9.17, 15) is 13.6 Å². The molecule has 5 heteroatoms. The van der Waals surface area contributed by atoms with Gasteiger partial charge in [-0.1, -0.05) is 0 Å². The van der Waals surface area contributed by atoms with Crippen molar-refractivity contribution in [2.45, 2.75) is 6.92 Å². The highest BCUT2D eigenvalue weighted by Crippen LogP contribution is 2.24. The molecule has 0 spiro atoms. The molecule has 1 saturated heterocycles. The first kappa shape index (κ1) is 12.0. The maximum Gasteiger partial charge on any atom is 0.162 e. The third-order valence-corrected chi connectivity index (χ3v) is 2.87. The third kappa shape index (κ3) is 2.44. The molecule has 1 aliphatic heterocycles. The van der Waals surface area contributed by atoms with E-state index in [0.717, 1.165) is 19.2 Å². The number of rotatable bonds is 2. The van der Waals surface area contributed by atoms with Crippen LogP contribution in [0.1, 0.15) is 17.3 Å². The number of ketones is 1. The number of nitrogens with one attached hydrogen (secondary N) is 1. The first-order valence-electron chi connectivity index (χ1n) is 5.55. The summed E-state index contributed by atoms with van der Waals surface area (Å²) in [5, 5.41) is 3.15. The van der Waals surface area contributed by atoms with Gasteiger partial charge in [-0.05, 0) is 13.0 Å². The summed E-state index contributed by atoms with van der Waals surface area (Å²) in [7, 11) is 0. The predicted octanol–water partition coefficient (Wildman–Crippen LogP) is 1.58. The molecule has 92 valence electrons. The zero-order chi connectivity index (χ0) is 12.4. The second-order valence-corrected chi connectivity index (χ2v) is 4.08. The van der Waals surface area contributed by atoms with Gasteiger partial charge < -0.3 is 10.2 Å². The summed E-state index contributed by atoms with van der Waals surface area (Å²) in [5.41, 5.74) is 0.248. The standard InChI is InChI=1S/C12H14F2N2O/c1-8(17)9-6-12(11(14)7-10(9)13)16-4-2-15-3-5-16/h6-7,15H,2-5H2,1H3. The number of carbonyl (C=O) groups excluding carboxylic acids is 1. The fraction of sp³-hybridized carbons (Fsp3) is 0.417. The number of piperazine rings is 1. The van der Waals surface area contributed by atoms with E-state index in [4.69, 9.17) is 0 Å². The number of halogens is 2. The number of carbonyl (C=O) groups is 1. The highest BCUT2D eigenvalue weighted by Gasteiger charge is 2.18. The molecular formula is C12H14F2N2O. The highest BCUT2D eigenvalue weighted by molar-refractivity contribution is 5.95. The van der Waals surface area contributed by atoms with Crippen LogP contribution in [0.25, 0.3) is 0 Å². The van der Waals surface area contributed by atoms with Gasteiger partial charge in [0.05, 0.1) is 11.3 Å². The lowest BCUT2D eigenvalue weighted by Gasteiger charge is -2.30. The van der Waals surface area contributed by atoms with Crippen LogP contribution in [0.4, 0.5) is 14.5 Å². The second-order valence-electron chi connectivity index (χ2n) is 4.08. The van der Waals surface area contributed by atoms with Crippen molar-refractivity contribution in [1.82, 2.24) is 5.32 Å². The molecule has 0 unspecified atom stereocenters. The molecule has 1 heterocycles. The molecule has 0 radical (unpaired) electrons. The summed E-state index contributed by atoms with van der Waals surface area (Å²) in [6.07, 6.45) is 0. The Morgan fingerprint density at radius 3 is 2.47 bits per heavy atom. The summed E-state index contributed by atoms with van der Waals surface area (Å²) < 4.78 is 27.0. The molecule has 0 atom stereocenters. The van der Waals surface area contributed by atoms with Crippen LogP contribution < -0.4 is 10.2 Å². The average Bonchev–Trinajstić information content (AvgIpc) is 2.29. The molecule has 0 bridgehead atoms. The molecule has 2 rings (SSSR count). The second kappa shape index (κ2) is 4.79. The van der Waals surface area contributed by atoms with E-state index in [1.807, 2.05) is 4.90 Å². The van der Waals surface area contributed by atoms with E-state index in [-0.39, 0.29) is 11.3 Å². The fourth-order valence-electron chi connectivity index (χ4n) is 1.96. The van der Waals surface area contributed by atoms with E-state index >= 15 is 0 Å². The molecule has 0 amide bonds. The summed E-state index contributed by atoms with van der Waals surface area (Å²) >= 11 is 0. The summed E-state index contributed by atoms with van der Waals surface area (Å²) in [6.45, 7) is 4.09. The molecule has 17 heavy (non-hydrogen) atoms. The average molecular weight is 240 g/mol. The molecule has 1 aliphatic rings. The minimum absolute atomic E-state index is 0.0556. The molecule has 1 fully saturated rings. The van der Waals surface area contributed by atoms with Crippen LogP contribution >= 0.6 is 0 Å². The van der Waals surface area contributed by atoms with Crippen molar-refractivity contribution >= 4 is 11.5 Å². The Kier molecular flexibility index (Phi) is 3.38. The number of benzene rings is 1. The van der Waals surface area contributed by atoms with Crippen LogP contribution in [0.5, 0.6) is 0 Å². The van der Waals surface area contributed by atoms with Crippen molar-refractivity contribution in [1.29, 1.82) is 0 Å². The topological polar surface area (TPSA) is 32.3 Å². The van der Waals surface area contributed by atoms with Gasteiger partial charge in [-0.2, -0.15) is 0 Å². The minimum atomic E-state index is -0.797. The van der Waals surface area contributed by atoms with Gasteiger partial charge in [0.2, 0.25) is 0 Å². The molecule has 0 aliphatic carbocycles. The Morgan fingerprint density at radius 2 is 1.88 bits per heavy atom. The summed E-state index contributed by atoms with van der Waals surface area (Å²) in [6, 6.07) is 2.09. The van der Waals surface area contributed by atoms with Crippen molar-refractivity contribution in [3.63, 3.8) is 0 Å². The normalized spacial score (nSPS) is 16.1. The van der Waals surface area contributed by atoms with Crippen molar-refractivity contribution < 1.29 is 13.6 Å². The zero-order valence-electron chi connectivity index (χ0n) is 9.59. The van der Waals surface area contributed by atoms with Gasteiger partial charge in [0, 0.05) is 32.2 Å². The maximum atomic E-state index is 13.7. The Bertz CT molecular complexity index is 442. The van der Waals surface area contributed by atoms with Crippen molar-refractivity contribution in [2.24, 2.45) is 0 Å². The van der Waals surface area contributed by atoms with Crippen LogP contribution in [-0.2, 0) is 0 Å². The van der Waals surface area contributed by atoms with Gasteiger partial charge in [-0.25, -0.2) is 8.78 Å².